The number of rotatable bonds is 2. The average Bonchev–Trinajstić information content (AvgIpc) is 2.86. The Labute approximate surface area is 100 Å². The van der Waals surface area contributed by atoms with E-state index in [-0.39, 0.29) is 0 Å². The van der Waals surface area contributed by atoms with Crippen molar-refractivity contribution in [2.24, 2.45) is 0 Å². The third-order valence-corrected chi connectivity index (χ3v) is 3.79. The number of hydrogen-bond donors (Lipinski definition) is 0. The minimum atomic E-state index is -1.02. The van der Waals surface area contributed by atoms with Crippen molar-refractivity contribution in [3.05, 3.63) is 30.1 Å². The van der Waals surface area contributed by atoms with Crippen molar-refractivity contribution < 1.29 is 4.39 Å². The fourth-order valence-electron chi connectivity index (χ4n) is 2.85. The third-order valence-electron chi connectivity index (χ3n) is 3.79. The van der Waals surface area contributed by atoms with Gasteiger partial charge in [-0.15, -0.1) is 0 Å². The molecule has 0 amide bonds. The number of imidazole rings is 1. The number of aryl methyl sites for hydroxylation is 1. The molecule has 0 unspecified atom stereocenters. The second-order valence-electron chi connectivity index (χ2n) is 5.09. The van der Waals surface area contributed by atoms with E-state index in [1.54, 1.807) is 0 Å². The van der Waals surface area contributed by atoms with E-state index in [0.29, 0.717) is 19.4 Å². The first kappa shape index (κ1) is 10.8. The Morgan fingerprint density at radius 2 is 2.00 bits per heavy atom. The first-order valence-corrected chi connectivity index (χ1v) is 6.29. The largest absolute Gasteiger partial charge is 0.325 e. The lowest BCUT2D eigenvalue weighted by atomic mass is 10.0. The SMILES string of the molecule is Cc1nc2ccccc2n1CC1(F)CCCC1. The van der Waals surface area contributed by atoms with Gasteiger partial charge in [-0.1, -0.05) is 25.0 Å². The van der Waals surface area contributed by atoms with E-state index in [2.05, 4.69) is 4.98 Å². The molecule has 1 fully saturated rings. The highest BCUT2D eigenvalue weighted by Gasteiger charge is 2.34. The van der Waals surface area contributed by atoms with Gasteiger partial charge in [-0.3, -0.25) is 0 Å². The molecule has 1 aromatic heterocycles. The minimum Gasteiger partial charge on any atom is -0.325 e. The second-order valence-corrected chi connectivity index (χ2v) is 5.09. The van der Waals surface area contributed by atoms with Crippen LogP contribution in [0.25, 0.3) is 11.0 Å². The van der Waals surface area contributed by atoms with Crippen LogP contribution in [-0.2, 0) is 6.54 Å². The molecule has 3 rings (SSSR count). The van der Waals surface area contributed by atoms with Crippen LogP contribution in [0.4, 0.5) is 4.39 Å². The number of aromatic nitrogens is 2. The van der Waals surface area contributed by atoms with Crippen LogP contribution in [0.2, 0.25) is 0 Å². The topological polar surface area (TPSA) is 17.8 Å². The highest BCUT2D eigenvalue weighted by Crippen LogP contribution is 2.35. The summed E-state index contributed by atoms with van der Waals surface area (Å²) in [6, 6.07) is 7.96. The molecule has 0 aliphatic heterocycles. The zero-order chi connectivity index (χ0) is 11.9. The average molecular weight is 232 g/mol. The lowest BCUT2D eigenvalue weighted by molar-refractivity contribution is 0.146. The Hall–Kier alpha value is -1.38. The molecule has 0 radical (unpaired) electrons. The minimum absolute atomic E-state index is 0.458. The van der Waals surface area contributed by atoms with Crippen molar-refractivity contribution in [2.45, 2.75) is 44.8 Å². The molecular weight excluding hydrogens is 215 g/mol. The summed E-state index contributed by atoms with van der Waals surface area (Å²) < 4.78 is 16.6. The molecule has 0 spiro atoms. The van der Waals surface area contributed by atoms with Gasteiger partial charge in [-0.2, -0.15) is 0 Å². The molecule has 2 nitrogen and oxygen atoms in total. The van der Waals surface area contributed by atoms with Crippen LogP contribution in [-0.4, -0.2) is 15.2 Å². The quantitative estimate of drug-likeness (QED) is 0.773. The van der Waals surface area contributed by atoms with Crippen molar-refractivity contribution in [3.63, 3.8) is 0 Å². The molecule has 90 valence electrons. The Kier molecular flexibility index (Phi) is 2.42. The van der Waals surface area contributed by atoms with E-state index in [4.69, 9.17) is 0 Å². The molecule has 17 heavy (non-hydrogen) atoms. The van der Waals surface area contributed by atoms with E-state index in [1.807, 2.05) is 35.8 Å². The van der Waals surface area contributed by atoms with Gasteiger partial charge in [0.2, 0.25) is 0 Å². The maximum atomic E-state index is 14.5. The van der Waals surface area contributed by atoms with E-state index in [1.165, 1.54) is 0 Å². The molecule has 3 heteroatoms. The molecule has 0 N–H and O–H groups in total. The van der Waals surface area contributed by atoms with E-state index >= 15 is 0 Å². The second kappa shape index (κ2) is 3.83. The number of alkyl halides is 1. The van der Waals surface area contributed by atoms with Crippen molar-refractivity contribution in [3.8, 4) is 0 Å². The molecule has 0 saturated heterocycles. The number of fused-ring (bicyclic) bond motifs is 1. The Morgan fingerprint density at radius 1 is 1.29 bits per heavy atom. The zero-order valence-corrected chi connectivity index (χ0v) is 10.1. The fraction of sp³-hybridized carbons (Fsp3) is 0.500. The van der Waals surface area contributed by atoms with E-state index in [9.17, 15) is 4.39 Å². The molecule has 0 bridgehead atoms. The summed E-state index contributed by atoms with van der Waals surface area (Å²) >= 11 is 0. The number of benzene rings is 1. The van der Waals surface area contributed by atoms with Crippen LogP contribution in [0.15, 0.2) is 24.3 Å². The summed E-state index contributed by atoms with van der Waals surface area (Å²) in [5.74, 6) is 0.912. The number of nitrogens with zero attached hydrogens (tertiary/aromatic N) is 2. The van der Waals surface area contributed by atoms with Crippen LogP contribution in [0, 0.1) is 6.92 Å². The summed E-state index contributed by atoms with van der Waals surface area (Å²) in [5.41, 5.74) is 0.995. The first-order valence-electron chi connectivity index (χ1n) is 6.29. The molecule has 1 aromatic carbocycles. The van der Waals surface area contributed by atoms with Crippen LogP contribution in [0.5, 0.6) is 0 Å². The molecule has 0 atom stereocenters. The number of halogens is 1. The number of para-hydroxylation sites is 2. The smallest absolute Gasteiger partial charge is 0.128 e. The molecule has 1 aliphatic carbocycles. The van der Waals surface area contributed by atoms with Crippen LogP contribution >= 0.6 is 0 Å². The molecule has 1 heterocycles. The van der Waals surface area contributed by atoms with Crippen molar-refractivity contribution in [1.29, 1.82) is 0 Å². The lowest BCUT2D eigenvalue weighted by Crippen LogP contribution is -2.25. The van der Waals surface area contributed by atoms with Gasteiger partial charge in [0.15, 0.2) is 0 Å². The summed E-state index contributed by atoms with van der Waals surface area (Å²) in [7, 11) is 0. The van der Waals surface area contributed by atoms with E-state index < -0.39 is 5.67 Å². The van der Waals surface area contributed by atoms with Crippen LogP contribution in [0.1, 0.15) is 31.5 Å². The van der Waals surface area contributed by atoms with Gasteiger partial charge < -0.3 is 4.57 Å². The fourth-order valence-corrected chi connectivity index (χ4v) is 2.85. The highest BCUT2D eigenvalue weighted by molar-refractivity contribution is 5.75. The normalized spacial score (nSPS) is 18.9. The molecule has 2 aromatic rings. The Morgan fingerprint density at radius 3 is 2.76 bits per heavy atom. The summed E-state index contributed by atoms with van der Waals surface area (Å²) in [6.45, 7) is 2.41. The Balaban J connectivity index is 2.02. The summed E-state index contributed by atoms with van der Waals surface area (Å²) in [6.07, 6.45) is 3.42. The maximum absolute atomic E-state index is 14.5. The van der Waals surface area contributed by atoms with Crippen molar-refractivity contribution >= 4 is 11.0 Å². The predicted molar refractivity (Wildman–Crippen MR) is 66.8 cm³/mol. The van der Waals surface area contributed by atoms with Gasteiger partial charge in [-0.05, 0) is 31.9 Å². The van der Waals surface area contributed by atoms with Gasteiger partial charge in [0.05, 0.1) is 17.6 Å². The van der Waals surface area contributed by atoms with Crippen LogP contribution in [0.3, 0.4) is 0 Å². The van der Waals surface area contributed by atoms with E-state index in [0.717, 1.165) is 29.7 Å². The van der Waals surface area contributed by atoms with Crippen molar-refractivity contribution in [1.82, 2.24) is 9.55 Å². The summed E-state index contributed by atoms with van der Waals surface area (Å²) in [4.78, 5) is 4.48. The molecule has 1 aliphatic rings. The molecule has 1 saturated carbocycles. The van der Waals surface area contributed by atoms with Gasteiger partial charge in [0.25, 0.3) is 0 Å². The zero-order valence-electron chi connectivity index (χ0n) is 10.1. The van der Waals surface area contributed by atoms with Gasteiger partial charge in [-0.25, -0.2) is 9.37 Å². The standard InChI is InChI=1S/C14H17FN2/c1-11-16-12-6-2-3-7-13(12)17(11)10-14(15)8-4-5-9-14/h2-3,6-7H,4-5,8-10H2,1H3. The van der Waals surface area contributed by atoms with Crippen molar-refractivity contribution in [2.75, 3.05) is 0 Å². The molecular formula is C14H17FN2. The maximum Gasteiger partial charge on any atom is 0.128 e. The van der Waals surface area contributed by atoms with Gasteiger partial charge >= 0.3 is 0 Å². The van der Waals surface area contributed by atoms with Gasteiger partial charge in [0, 0.05) is 0 Å². The highest BCUT2D eigenvalue weighted by atomic mass is 19.1. The van der Waals surface area contributed by atoms with Gasteiger partial charge in [0.1, 0.15) is 11.5 Å². The number of hydrogen-bond acceptors (Lipinski definition) is 1. The lowest BCUT2D eigenvalue weighted by Gasteiger charge is -2.20. The predicted octanol–water partition coefficient (Wildman–Crippen LogP) is 3.63. The van der Waals surface area contributed by atoms with Crippen LogP contribution < -0.4 is 0 Å². The Bertz CT molecular complexity index is 538. The third kappa shape index (κ3) is 1.84. The monoisotopic (exact) mass is 232 g/mol. The summed E-state index contributed by atoms with van der Waals surface area (Å²) in [5, 5.41) is 0. The first-order chi connectivity index (χ1) is 8.18.